The SMILES string of the molecule is COc1ccc(/C=C2\CCCc3c2nc2ccccc2c3C(=O)OCC(=O)NC2CC2)cc1OC. The van der Waals surface area contributed by atoms with Gasteiger partial charge in [0.2, 0.25) is 0 Å². The molecular weight excluding hydrogens is 444 g/mol. The molecule has 1 N–H and O–H groups in total. The van der Waals surface area contributed by atoms with Crippen molar-refractivity contribution in [1.29, 1.82) is 0 Å². The molecule has 0 atom stereocenters. The largest absolute Gasteiger partial charge is 0.493 e. The van der Waals surface area contributed by atoms with Crippen LogP contribution in [0.15, 0.2) is 42.5 Å². The topological polar surface area (TPSA) is 86.8 Å². The Morgan fingerprint density at radius 2 is 1.86 bits per heavy atom. The van der Waals surface area contributed by atoms with E-state index in [9.17, 15) is 9.59 Å². The Hall–Kier alpha value is -3.87. The van der Waals surface area contributed by atoms with Gasteiger partial charge in [0, 0.05) is 11.4 Å². The minimum atomic E-state index is -0.488. The minimum absolute atomic E-state index is 0.222. The summed E-state index contributed by atoms with van der Waals surface area (Å²) in [7, 11) is 3.22. The molecule has 5 rings (SSSR count). The average molecular weight is 473 g/mol. The Kier molecular flexibility index (Phi) is 6.40. The molecule has 0 aliphatic heterocycles. The number of fused-ring (bicyclic) bond motifs is 2. The molecule has 2 aliphatic rings. The molecule has 180 valence electrons. The lowest BCUT2D eigenvalue weighted by Crippen LogP contribution is -2.30. The van der Waals surface area contributed by atoms with Crippen molar-refractivity contribution in [3.63, 3.8) is 0 Å². The summed E-state index contributed by atoms with van der Waals surface area (Å²) in [5, 5.41) is 3.60. The number of allylic oxidation sites excluding steroid dienone is 1. The van der Waals surface area contributed by atoms with Crippen molar-refractivity contribution in [3.05, 3.63) is 64.8 Å². The summed E-state index contributed by atoms with van der Waals surface area (Å²) in [6.45, 7) is -0.283. The summed E-state index contributed by atoms with van der Waals surface area (Å²) in [5.74, 6) is 0.567. The number of methoxy groups -OCH3 is 2. The Morgan fingerprint density at radius 3 is 2.63 bits per heavy atom. The fourth-order valence-electron chi connectivity index (χ4n) is 4.55. The number of carbonyl (C=O) groups excluding carboxylic acids is 2. The van der Waals surface area contributed by atoms with Gasteiger partial charge in [-0.1, -0.05) is 24.3 Å². The van der Waals surface area contributed by atoms with Crippen LogP contribution in [0.5, 0.6) is 11.5 Å². The van der Waals surface area contributed by atoms with Crippen molar-refractivity contribution in [2.45, 2.75) is 38.1 Å². The number of amides is 1. The Balaban J connectivity index is 1.53. The lowest BCUT2D eigenvalue weighted by atomic mass is 9.86. The summed E-state index contributed by atoms with van der Waals surface area (Å²) >= 11 is 0. The normalized spacial score (nSPS) is 16.0. The van der Waals surface area contributed by atoms with Crippen LogP contribution in [-0.4, -0.2) is 43.7 Å². The second-order valence-electron chi connectivity index (χ2n) is 8.89. The molecule has 1 heterocycles. The van der Waals surface area contributed by atoms with Gasteiger partial charge in [0.1, 0.15) is 0 Å². The number of hydrogen-bond donors (Lipinski definition) is 1. The van der Waals surface area contributed by atoms with Crippen LogP contribution in [0.25, 0.3) is 22.6 Å². The number of esters is 1. The van der Waals surface area contributed by atoms with Crippen LogP contribution < -0.4 is 14.8 Å². The van der Waals surface area contributed by atoms with Gasteiger partial charge in [-0.15, -0.1) is 0 Å². The molecule has 7 nitrogen and oxygen atoms in total. The molecule has 1 fully saturated rings. The van der Waals surface area contributed by atoms with E-state index in [1.54, 1.807) is 14.2 Å². The highest BCUT2D eigenvalue weighted by molar-refractivity contribution is 6.07. The highest BCUT2D eigenvalue weighted by Gasteiger charge is 2.27. The van der Waals surface area contributed by atoms with Crippen molar-refractivity contribution in [2.24, 2.45) is 0 Å². The van der Waals surface area contributed by atoms with E-state index < -0.39 is 5.97 Å². The Morgan fingerprint density at radius 1 is 1.06 bits per heavy atom. The highest BCUT2D eigenvalue weighted by Crippen LogP contribution is 2.37. The zero-order valence-electron chi connectivity index (χ0n) is 19.9. The second kappa shape index (κ2) is 9.78. The first-order valence-corrected chi connectivity index (χ1v) is 11.9. The Labute approximate surface area is 204 Å². The smallest absolute Gasteiger partial charge is 0.339 e. The number of rotatable bonds is 7. The summed E-state index contributed by atoms with van der Waals surface area (Å²) in [5.41, 5.74) is 4.91. The van der Waals surface area contributed by atoms with E-state index in [1.807, 2.05) is 42.5 Å². The van der Waals surface area contributed by atoms with Crippen LogP contribution in [0.2, 0.25) is 0 Å². The molecule has 2 aromatic carbocycles. The maximum atomic E-state index is 13.3. The number of carbonyl (C=O) groups is 2. The average Bonchev–Trinajstić information content (AvgIpc) is 3.70. The first-order valence-electron chi connectivity index (χ1n) is 11.9. The van der Waals surface area contributed by atoms with Crippen molar-refractivity contribution in [3.8, 4) is 11.5 Å². The lowest BCUT2D eigenvalue weighted by molar-refractivity contribution is -0.124. The van der Waals surface area contributed by atoms with Crippen LogP contribution in [0, 0.1) is 0 Å². The third-order valence-electron chi connectivity index (χ3n) is 6.40. The van der Waals surface area contributed by atoms with E-state index in [0.717, 1.165) is 65.4 Å². The number of nitrogens with one attached hydrogen (secondary N) is 1. The van der Waals surface area contributed by atoms with E-state index >= 15 is 0 Å². The van der Waals surface area contributed by atoms with E-state index in [1.165, 1.54) is 0 Å². The van der Waals surface area contributed by atoms with Crippen LogP contribution in [0.1, 0.15) is 52.9 Å². The molecule has 0 bridgehead atoms. The molecule has 0 unspecified atom stereocenters. The second-order valence-corrected chi connectivity index (χ2v) is 8.89. The lowest BCUT2D eigenvalue weighted by Gasteiger charge is -2.22. The number of pyridine rings is 1. The van der Waals surface area contributed by atoms with Crippen LogP contribution >= 0.6 is 0 Å². The zero-order valence-corrected chi connectivity index (χ0v) is 19.9. The monoisotopic (exact) mass is 472 g/mol. The van der Waals surface area contributed by atoms with Gasteiger partial charge in [0.25, 0.3) is 5.91 Å². The van der Waals surface area contributed by atoms with Crippen molar-refractivity contribution >= 4 is 34.4 Å². The maximum Gasteiger partial charge on any atom is 0.339 e. The fourth-order valence-corrected chi connectivity index (χ4v) is 4.55. The van der Waals surface area contributed by atoms with Crippen LogP contribution in [-0.2, 0) is 16.0 Å². The van der Waals surface area contributed by atoms with E-state index in [0.29, 0.717) is 17.1 Å². The summed E-state index contributed by atoms with van der Waals surface area (Å²) in [6.07, 6.45) is 6.49. The van der Waals surface area contributed by atoms with Gasteiger partial charge in [-0.3, -0.25) is 4.79 Å². The third-order valence-corrected chi connectivity index (χ3v) is 6.40. The van der Waals surface area contributed by atoms with E-state index in [-0.39, 0.29) is 18.6 Å². The molecule has 7 heteroatoms. The van der Waals surface area contributed by atoms with Gasteiger partial charge in [-0.25, -0.2) is 9.78 Å². The van der Waals surface area contributed by atoms with Gasteiger partial charge in [-0.2, -0.15) is 0 Å². The molecule has 2 aliphatic carbocycles. The van der Waals surface area contributed by atoms with Crippen molar-refractivity contribution in [1.82, 2.24) is 10.3 Å². The van der Waals surface area contributed by atoms with E-state index in [2.05, 4.69) is 11.4 Å². The van der Waals surface area contributed by atoms with Crippen LogP contribution in [0.4, 0.5) is 0 Å². The molecule has 1 aromatic heterocycles. The predicted octanol–water partition coefficient (Wildman–Crippen LogP) is 4.56. The zero-order chi connectivity index (χ0) is 24.4. The number of nitrogens with zero attached hydrogens (tertiary/aromatic N) is 1. The number of ether oxygens (including phenoxy) is 3. The van der Waals surface area contributed by atoms with Gasteiger partial charge in [-0.05, 0) is 73.1 Å². The fraction of sp³-hybridized carbons (Fsp3) is 0.321. The summed E-state index contributed by atoms with van der Waals surface area (Å²) in [4.78, 5) is 30.3. The highest BCUT2D eigenvalue weighted by atomic mass is 16.5. The maximum absolute atomic E-state index is 13.3. The summed E-state index contributed by atoms with van der Waals surface area (Å²) in [6, 6.07) is 13.6. The Bertz CT molecular complexity index is 1330. The van der Waals surface area contributed by atoms with E-state index in [4.69, 9.17) is 19.2 Å². The number of aromatic nitrogens is 1. The van der Waals surface area contributed by atoms with Gasteiger partial charge < -0.3 is 19.5 Å². The van der Waals surface area contributed by atoms with Crippen molar-refractivity contribution in [2.75, 3.05) is 20.8 Å². The molecule has 1 amide bonds. The third kappa shape index (κ3) is 4.85. The number of hydrogen-bond acceptors (Lipinski definition) is 6. The number of para-hydroxylation sites is 1. The molecule has 0 saturated heterocycles. The summed E-state index contributed by atoms with van der Waals surface area (Å²) < 4.78 is 16.3. The molecule has 0 spiro atoms. The molecule has 1 saturated carbocycles. The molecule has 35 heavy (non-hydrogen) atoms. The quantitative estimate of drug-likeness (QED) is 0.507. The predicted molar refractivity (Wildman–Crippen MR) is 134 cm³/mol. The van der Waals surface area contributed by atoms with Gasteiger partial charge >= 0.3 is 5.97 Å². The standard InChI is InChI=1S/C28H28N2O5/c1-33-23-13-10-17(15-24(23)34-2)14-18-6-5-8-21-26(20-7-3-4-9-22(20)30-27(18)21)28(32)35-16-25(31)29-19-11-12-19/h3-4,7,9-10,13-15,19H,5-6,8,11-12,16H2,1-2H3,(H,29,31)/b18-14+. The molecule has 0 radical (unpaired) electrons. The van der Waals surface area contributed by atoms with Crippen molar-refractivity contribution < 1.29 is 23.8 Å². The first-order chi connectivity index (χ1) is 17.1. The van der Waals surface area contributed by atoms with Gasteiger partial charge in [0.05, 0.1) is 31.0 Å². The number of benzene rings is 2. The molecule has 3 aromatic rings. The minimum Gasteiger partial charge on any atom is -0.493 e. The first kappa shape index (κ1) is 22.9. The van der Waals surface area contributed by atoms with Gasteiger partial charge in [0.15, 0.2) is 18.1 Å². The van der Waals surface area contributed by atoms with Crippen LogP contribution in [0.3, 0.4) is 0 Å². The molecular formula is C28H28N2O5.